The summed E-state index contributed by atoms with van der Waals surface area (Å²) in [6.45, 7) is 6.38. The highest BCUT2D eigenvalue weighted by atomic mass is 19.4. The Morgan fingerprint density at radius 2 is 1.72 bits per heavy atom. The highest BCUT2D eigenvalue weighted by Crippen LogP contribution is 2.53. The van der Waals surface area contributed by atoms with Gasteiger partial charge < -0.3 is 0 Å². The topological polar surface area (TPSA) is 38.5 Å². The summed E-state index contributed by atoms with van der Waals surface area (Å²) < 4.78 is 76.8. The van der Waals surface area contributed by atoms with E-state index >= 15 is 4.39 Å². The largest absolute Gasteiger partial charge is 0.453 e. The van der Waals surface area contributed by atoms with Crippen LogP contribution in [-0.4, -0.2) is 14.8 Å². The summed E-state index contributed by atoms with van der Waals surface area (Å²) >= 11 is 0. The van der Waals surface area contributed by atoms with Crippen molar-refractivity contribution in [1.29, 1.82) is 0 Å². The highest BCUT2D eigenvalue weighted by molar-refractivity contribution is 5.66. The minimum absolute atomic E-state index is 0.148. The maximum Gasteiger partial charge on any atom is 0.453 e. The molecule has 10 heteroatoms. The van der Waals surface area contributed by atoms with Crippen molar-refractivity contribution in [3.63, 3.8) is 0 Å². The van der Waals surface area contributed by atoms with Gasteiger partial charge in [-0.05, 0) is 37.1 Å². The van der Waals surface area contributed by atoms with E-state index in [1.165, 1.54) is 10.7 Å². The lowest BCUT2D eigenvalue weighted by atomic mass is 9.58. The van der Waals surface area contributed by atoms with Gasteiger partial charge in [0, 0.05) is 43.2 Å². The molecule has 4 aromatic rings. The van der Waals surface area contributed by atoms with E-state index in [0.29, 0.717) is 48.3 Å². The van der Waals surface area contributed by atoms with Gasteiger partial charge in [0.1, 0.15) is 17.7 Å². The molecule has 0 spiro atoms. The van der Waals surface area contributed by atoms with E-state index in [0.717, 1.165) is 6.07 Å². The number of pyridine rings is 2. The summed E-state index contributed by atoms with van der Waals surface area (Å²) in [4.78, 5) is 3.92. The summed E-state index contributed by atoms with van der Waals surface area (Å²) in [6, 6.07) is 12.6. The van der Waals surface area contributed by atoms with Crippen molar-refractivity contribution in [3.8, 4) is 22.8 Å². The number of halogens is 5. The Morgan fingerprint density at radius 3 is 2.41 bits per heavy atom. The molecule has 0 fully saturated rings. The Hall–Kier alpha value is -3.69. The normalized spacial score (nSPS) is 23.5. The van der Waals surface area contributed by atoms with Gasteiger partial charge in [-0.2, -0.15) is 27.3 Å². The smallest absolute Gasteiger partial charge is 0.230 e. The molecule has 0 bridgehead atoms. The van der Waals surface area contributed by atoms with E-state index in [2.05, 4.69) is 10.1 Å². The van der Waals surface area contributed by atoms with Gasteiger partial charge in [-0.15, -0.1) is 5.10 Å². The van der Waals surface area contributed by atoms with E-state index in [9.17, 15) is 17.6 Å². The van der Waals surface area contributed by atoms with Crippen molar-refractivity contribution in [3.05, 3.63) is 83.9 Å². The number of hydrogen-bond donors (Lipinski definition) is 0. The Balaban J connectivity index is 1.59. The van der Waals surface area contributed by atoms with Gasteiger partial charge in [0.15, 0.2) is 24.5 Å². The lowest BCUT2D eigenvalue weighted by Crippen LogP contribution is -2.70. The summed E-state index contributed by atoms with van der Waals surface area (Å²) in [5, 5.41) is 3.97. The van der Waals surface area contributed by atoms with Crippen LogP contribution in [0.25, 0.3) is 22.8 Å². The fourth-order valence-corrected chi connectivity index (χ4v) is 6.91. The highest BCUT2D eigenvalue weighted by Gasteiger charge is 2.61. The van der Waals surface area contributed by atoms with Crippen molar-refractivity contribution in [2.45, 2.75) is 69.8 Å². The molecular formula is C29H28F5N5+2. The van der Waals surface area contributed by atoms with E-state index in [1.54, 1.807) is 12.1 Å². The van der Waals surface area contributed by atoms with Crippen molar-refractivity contribution >= 4 is 0 Å². The van der Waals surface area contributed by atoms with Gasteiger partial charge in [-0.3, -0.25) is 0 Å². The summed E-state index contributed by atoms with van der Waals surface area (Å²) in [7, 11) is 0. The van der Waals surface area contributed by atoms with Crippen LogP contribution in [0.1, 0.15) is 57.5 Å². The molecule has 0 saturated carbocycles. The molecule has 0 saturated heterocycles. The third kappa shape index (κ3) is 3.56. The minimum Gasteiger partial charge on any atom is -0.230 e. The first-order valence-corrected chi connectivity index (χ1v) is 13.1. The van der Waals surface area contributed by atoms with Crippen molar-refractivity contribution in [2.24, 2.45) is 0 Å². The predicted molar refractivity (Wildman–Crippen MR) is 132 cm³/mol. The SMILES string of the molecule is CCC1(C)c2cc(F)cc(F)c2-c2cccc[n+]2C1(CC)CC1C[n+]2ccccc2-c2nc(C(F)(F)F)nn21. The Morgan fingerprint density at radius 1 is 1.00 bits per heavy atom. The van der Waals surface area contributed by atoms with Crippen LogP contribution >= 0.6 is 0 Å². The Bertz CT molecular complexity index is 1600. The molecule has 6 rings (SSSR count). The molecule has 0 radical (unpaired) electrons. The molecule has 2 aliphatic rings. The van der Waals surface area contributed by atoms with E-state index in [4.69, 9.17) is 0 Å². The molecule has 0 aliphatic carbocycles. The molecule has 3 aromatic heterocycles. The monoisotopic (exact) mass is 541 g/mol. The van der Waals surface area contributed by atoms with Crippen LogP contribution in [0.4, 0.5) is 22.0 Å². The van der Waals surface area contributed by atoms with E-state index in [1.807, 2.05) is 66.6 Å². The van der Waals surface area contributed by atoms with Crippen molar-refractivity contribution in [2.75, 3.05) is 0 Å². The molecule has 39 heavy (non-hydrogen) atoms. The number of fused-ring (bicyclic) bond motifs is 6. The average Bonchev–Trinajstić information content (AvgIpc) is 3.38. The lowest BCUT2D eigenvalue weighted by molar-refractivity contribution is -0.773. The third-order valence-corrected chi connectivity index (χ3v) is 8.93. The molecule has 5 heterocycles. The second-order valence-corrected chi connectivity index (χ2v) is 10.6. The minimum atomic E-state index is -4.70. The summed E-state index contributed by atoms with van der Waals surface area (Å²) in [6.07, 6.45) is 0.498. The fourth-order valence-electron chi connectivity index (χ4n) is 6.91. The van der Waals surface area contributed by atoms with Crippen LogP contribution in [0.15, 0.2) is 60.9 Å². The van der Waals surface area contributed by atoms with Gasteiger partial charge in [-0.25, -0.2) is 13.5 Å². The quantitative estimate of drug-likeness (QED) is 0.238. The fraction of sp³-hybridized carbons (Fsp3) is 0.379. The van der Waals surface area contributed by atoms with Crippen LogP contribution in [0, 0.1) is 11.6 Å². The van der Waals surface area contributed by atoms with Gasteiger partial charge in [0.05, 0.1) is 11.0 Å². The summed E-state index contributed by atoms with van der Waals surface area (Å²) in [5.74, 6) is -2.33. The second-order valence-electron chi connectivity index (χ2n) is 10.6. The zero-order valence-corrected chi connectivity index (χ0v) is 21.8. The number of rotatable bonds is 4. The lowest BCUT2D eigenvalue weighted by Gasteiger charge is -2.49. The van der Waals surface area contributed by atoms with Gasteiger partial charge in [0.2, 0.25) is 17.2 Å². The van der Waals surface area contributed by atoms with Crippen molar-refractivity contribution < 1.29 is 31.1 Å². The first-order chi connectivity index (χ1) is 18.5. The van der Waals surface area contributed by atoms with Crippen LogP contribution in [0.3, 0.4) is 0 Å². The van der Waals surface area contributed by atoms with Crippen LogP contribution in [-0.2, 0) is 23.7 Å². The molecule has 202 valence electrons. The molecule has 3 atom stereocenters. The number of nitrogens with zero attached hydrogens (tertiary/aromatic N) is 5. The first-order valence-electron chi connectivity index (χ1n) is 13.1. The molecule has 0 N–H and O–H groups in total. The molecule has 0 amide bonds. The predicted octanol–water partition coefficient (Wildman–Crippen LogP) is 5.92. The van der Waals surface area contributed by atoms with E-state index < -0.39 is 40.6 Å². The number of hydrogen-bond acceptors (Lipinski definition) is 2. The third-order valence-electron chi connectivity index (χ3n) is 8.93. The van der Waals surface area contributed by atoms with Crippen LogP contribution in [0.2, 0.25) is 0 Å². The van der Waals surface area contributed by atoms with Gasteiger partial charge >= 0.3 is 6.18 Å². The zero-order chi connectivity index (χ0) is 27.7. The molecule has 5 nitrogen and oxygen atoms in total. The van der Waals surface area contributed by atoms with Crippen molar-refractivity contribution in [1.82, 2.24) is 14.8 Å². The number of alkyl halides is 3. The van der Waals surface area contributed by atoms with E-state index in [-0.39, 0.29) is 5.82 Å². The number of aromatic nitrogens is 5. The maximum absolute atomic E-state index is 15.4. The molecule has 1 aromatic carbocycles. The van der Waals surface area contributed by atoms with Crippen LogP contribution in [0.5, 0.6) is 0 Å². The number of benzene rings is 1. The summed E-state index contributed by atoms with van der Waals surface area (Å²) in [5.41, 5.74) is 0.575. The Labute approximate surface area is 222 Å². The zero-order valence-electron chi connectivity index (χ0n) is 21.8. The standard InChI is InChI=1S/C29H28F5N5/c1-4-27(3)20-14-18(30)15-21(31)24(20)22-10-7-9-13-38(22)28(27,5-2)16-19-17-37-12-8-6-11-23(37)25-35-26(29(32,33)34)36-39(19)25/h6-15,19H,4-5,16-17H2,1-3H3/q+2. The molecule has 2 aliphatic heterocycles. The van der Waals surface area contributed by atoms with Crippen LogP contribution < -0.4 is 9.13 Å². The molecule has 3 unspecified atom stereocenters. The van der Waals surface area contributed by atoms with Gasteiger partial charge in [0.25, 0.3) is 5.82 Å². The Kier molecular flexibility index (Phi) is 5.68. The average molecular weight is 542 g/mol. The first kappa shape index (κ1) is 25.6. The maximum atomic E-state index is 15.4. The molecular weight excluding hydrogens is 513 g/mol. The van der Waals surface area contributed by atoms with Gasteiger partial charge in [-0.1, -0.05) is 13.8 Å². The second kappa shape index (κ2) is 8.66.